The molecule has 1 aliphatic rings. The number of ketones is 1. The van der Waals surface area contributed by atoms with Crippen LogP contribution in [0, 0.1) is 5.92 Å². The Morgan fingerprint density at radius 3 is 2.50 bits per heavy atom. The van der Waals surface area contributed by atoms with Crippen molar-refractivity contribution >= 4 is 5.78 Å². The van der Waals surface area contributed by atoms with Crippen LogP contribution in [0.4, 0.5) is 0 Å². The molecule has 1 aliphatic heterocycles. The van der Waals surface area contributed by atoms with Crippen LogP contribution in [0.25, 0.3) is 0 Å². The Kier molecular flexibility index (Phi) is 4.55. The van der Waals surface area contributed by atoms with Crippen molar-refractivity contribution in [1.29, 1.82) is 0 Å². The van der Waals surface area contributed by atoms with Crippen molar-refractivity contribution in [2.75, 3.05) is 27.2 Å². The Morgan fingerprint density at radius 2 is 2.07 bits per heavy atom. The summed E-state index contributed by atoms with van der Waals surface area (Å²) in [7, 11) is 4.04. The van der Waals surface area contributed by atoms with Crippen molar-refractivity contribution in [3.63, 3.8) is 0 Å². The van der Waals surface area contributed by atoms with Gasteiger partial charge in [0.2, 0.25) is 0 Å². The van der Waals surface area contributed by atoms with Crippen LogP contribution in [-0.2, 0) is 4.79 Å². The maximum Gasteiger partial charge on any atom is 0.146 e. The number of piperidine rings is 1. The summed E-state index contributed by atoms with van der Waals surface area (Å²) in [6.07, 6.45) is 3.49. The molecule has 0 aliphatic carbocycles. The first kappa shape index (κ1) is 11.7. The van der Waals surface area contributed by atoms with Gasteiger partial charge in [0.1, 0.15) is 5.78 Å². The lowest BCUT2D eigenvalue weighted by Gasteiger charge is -2.30. The molecule has 1 heterocycles. The molecule has 1 atom stereocenters. The first-order valence-electron chi connectivity index (χ1n) is 5.49. The van der Waals surface area contributed by atoms with Gasteiger partial charge in [0, 0.05) is 0 Å². The SMILES string of the molecule is CNC(CC1CCN(C)CC1)C(C)=O. The van der Waals surface area contributed by atoms with Gasteiger partial charge in [-0.25, -0.2) is 0 Å². The van der Waals surface area contributed by atoms with Crippen LogP contribution in [0.2, 0.25) is 0 Å². The zero-order chi connectivity index (χ0) is 10.6. The lowest BCUT2D eigenvalue weighted by atomic mass is 9.89. The summed E-state index contributed by atoms with van der Waals surface area (Å²) in [6.45, 7) is 4.04. The van der Waals surface area contributed by atoms with Crippen molar-refractivity contribution in [1.82, 2.24) is 10.2 Å². The monoisotopic (exact) mass is 198 g/mol. The number of likely N-dealkylation sites (N-methyl/N-ethyl adjacent to an activating group) is 1. The highest BCUT2D eigenvalue weighted by Crippen LogP contribution is 2.21. The Hall–Kier alpha value is -0.410. The fourth-order valence-electron chi connectivity index (χ4n) is 2.12. The van der Waals surface area contributed by atoms with Crippen molar-refractivity contribution in [2.45, 2.75) is 32.2 Å². The zero-order valence-corrected chi connectivity index (χ0v) is 9.55. The number of rotatable bonds is 4. The minimum absolute atomic E-state index is 0.0726. The van der Waals surface area contributed by atoms with Gasteiger partial charge in [0.05, 0.1) is 6.04 Å². The van der Waals surface area contributed by atoms with E-state index in [0.29, 0.717) is 0 Å². The van der Waals surface area contributed by atoms with Crippen molar-refractivity contribution < 1.29 is 4.79 Å². The molecule has 0 aromatic carbocycles. The van der Waals surface area contributed by atoms with E-state index >= 15 is 0 Å². The van der Waals surface area contributed by atoms with Crippen molar-refractivity contribution in [3.8, 4) is 0 Å². The number of nitrogens with one attached hydrogen (secondary N) is 1. The van der Waals surface area contributed by atoms with E-state index in [0.717, 1.165) is 12.3 Å². The summed E-state index contributed by atoms with van der Waals surface area (Å²) in [6, 6.07) is 0.0726. The highest BCUT2D eigenvalue weighted by molar-refractivity contribution is 5.81. The maximum absolute atomic E-state index is 11.2. The summed E-state index contributed by atoms with van der Waals surface area (Å²) >= 11 is 0. The molecule has 0 radical (unpaired) electrons. The molecule has 1 saturated heterocycles. The highest BCUT2D eigenvalue weighted by atomic mass is 16.1. The molecule has 0 spiro atoms. The summed E-state index contributed by atoms with van der Waals surface area (Å²) in [4.78, 5) is 13.6. The van der Waals surface area contributed by atoms with Crippen LogP contribution in [-0.4, -0.2) is 43.9 Å². The van der Waals surface area contributed by atoms with E-state index in [2.05, 4.69) is 17.3 Å². The van der Waals surface area contributed by atoms with E-state index in [1.54, 1.807) is 6.92 Å². The standard InChI is InChI=1S/C11H22N2O/c1-9(14)11(12-2)8-10-4-6-13(3)7-5-10/h10-12H,4-8H2,1-3H3. The third kappa shape index (κ3) is 3.39. The van der Waals surface area contributed by atoms with E-state index in [4.69, 9.17) is 0 Å². The molecule has 0 saturated carbocycles. The van der Waals surface area contributed by atoms with Gasteiger partial charge in [-0.1, -0.05) is 0 Å². The van der Waals surface area contributed by atoms with E-state index in [1.807, 2.05) is 7.05 Å². The van der Waals surface area contributed by atoms with Gasteiger partial charge >= 0.3 is 0 Å². The lowest BCUT2D eigenvalue weighted by molar-refractivity contribution is -0.119. The number of hydrogen-bond acceptors (Lipinski definition) is 3. The molecule has 0 aromatic rings. The average molecular weight is 198 g/mol. The molecule has 3 heteroatoms. The van der Waals surface area contributed by atoms with E-state index in [1.165, 1.54) is 25.9 Å². The van der Waals surface area contributed by atoms with Gasteiger partial charge < -0.3 is 10.2 Å². The Morgan fingerprint density at radius 1 is 1.50 bits per heavy atom. The van der Waals surface area contributed by atoms with E-state index in [-0.39, 0.29) is 11.8 Å². The number of likely N-dealkylation sites (tertiary alicyclic amines) is 1. The van der Waals surface area contributed by atoms with Gasteiger partial charge in [-0.15, -0.1) is 0 Å². The average Bonchev–Trinajstić information content (AvgIpc) is 2.16. The molecule has 1 fully saturated rings. The Balaban J connectivity index is 2.32. The first-order chi connectivity index (χ1) is 6.63. The quantitative estimate of drug-likeness (QED) is 0.728. The molecule has 0 bridgehead atoms. The summed E-state index contributed by atoms with van der Waals surface area (Å²) in [5, 5.41) is 3.10. The normalized spacial score (nSPS) is 22.2. The first-order valence-corrected chi connectivity index (χ1v) is 5.49. The topological polar surface area (TPSA) is 32.3 Å². The molecule has 3 nitrogen and oxygen atoms in total. The van der Waals surface area contributed by atoms with Gasteiger partial charge in [-0.05, 0) is 59.3 Å². The summed E-state index contributed by atoms with van der Waals surface area (Å²) in [5.41, 5.74) is 0. The summed E-state index contributed by atoms with van der Waals surface area (Å²) in [5.74, 6) is 0.999. The van der Waals surface area contributed by atoms with Crippen LogP contribution in [0.1, 0.15) is 26.2 Å². The van der Waals surface area contributed by atoms with Gasteiger partial charge in [-0.2, -0.15) is 0 Å². The lowest BCUT2D eigenvalue weighted by Crippen LogP contribution is -2.38. The maximum atomic E-state index is 11.2. The highest BCUT2D eigenvalue weighted by Gasteiger charge is 2.21. The fraction of sp³-hybridized carbons (Fsp3) is 0.909. The zero-order valence-electron chi connectivity index (χ0n) is 9.55. The van der Waals surface area contributed by atoms with Crippen molar-refractivity contribution in [3.05, 3.63) is 0 Å². The number of carbonyl (C=O) groups excluding carboxylic acids is 1. The van der Waals surface area contributed by atoms with Crippen LogP contribution in [0.5, 0.6) is 0 Å². The molecule has 0 amide bonds. The number of carbonyl (C=O) groups is 1. The molecule has 82 valence electrons. The largest absolute Gasteiger partial charge is 0.311 e. The van der Waals surface area contributed by atoms with Crippen LogP contribution in [0.3, 0.4) is 0 Å². The predicted molar refractivity (Wildman–Crippen MR) is 58.4 cm³/mol. The van der Waals surface area contributed by atoms with E-state index in [9.17, 15) is 4.79 Å². The predicted octanol–water partition coefficient (Wildman–Crippen LogP) is 0.895. The van der Waals surface area contributed by atoms with Crippen LogP contribution < -0.4 is 5.32 Å². The summed E-state index contributed by atoms with van der Waals surface area (Å²) < 4.78 is 0. The van der Waals surface area contributed by atoms with Gasteiger partial charge in [0.25, 0.3) is 0 Å². The smallest absolute Gasteiger partial charge is 0.146 e. The Bertz CT molecular complexity index is 186. The van der Waals surface area contributed by atoms with Crippen LogP contribution in [0.15, 0.2) is 0 Å². The van der Waals surface area contributed by atoms with Crippen LogP contribution >= 0.6 is 0 Å². The number of nitrogens with zero attached hydrogens (tertiary/aromatic N) is 1. The molecule has 1 rings (SSSR count). The number of hydrogen-bond donors (Lipinski definition) is 1. The second kappa shape index (κ2) is 5.47. The minimum atomic E-state index is 0.0726. The third-order valence-electron chi connectivity index (χ3n) is 3.25. The van der Waals surface area contributed by atoms with Crippen molar-refractivity contribution in [2.24, 2.45) is 5.92 Å². The molecular formula is C11H22N2O. The number of Topliss-reactive ketones (excluding diaryl/α,β-unsaturated/α-hetero) is 1. The van der Waals surface area contributed by atoms with Gasteiger partial charge in [-0.3, -0.25) is 4.79 Å². The third-order valence-corrected chi connectivity index (χ3v) is 3.25. The second-order valence-corrected chi connectivity index (χ2v) is 4.43. The molecule has 1 unspecified atom stereocenters. The molecule has 0 aromatic heterocycles. The van der Waals surface area contributed by atoms with Gasteiger partial charge in [0.15, 0.2) is 0 Å². The fourth-order valence-corrected chi connectivity index (χ4v) is 2.12. The van der Waals surface area contributed by atoms with E-state index < -0.39 is 0 Å². The second-order valence-electron chi connectivity index (χ2n) is 4.43. The molecular weight excluding hydrogens is 176 g/mol. The molecule has 1 N–H and O–H groups in total. The Labute approximate surface area is 86.9 Å². The minimum Gasteiger partial charge on any atom is -0.311 e. The molecule has 14 heavy (non-hydrogen) atoms.